The molecule has 0 saturated carbocycles. The Morgan fingerprint density at radius 3 is 1.71 bits per heavy atom. The molecule has 0 spiro atoms. The highest BCUT2D eigenvalue weighted by molar-refractivity contribution is 8.00. The smallest absolute Gasteiger partial charge is 0.231 e. The maximum absolute atomic E-state index is 12.4. The molecule has 0 fully saturated rings. The lowest BCUT2D eigenvalue weighted by molar-refractivity contribution is -0.119. The van der Waals surface area contributed by atoms with E-state index in [4.69, 9.17) is 0 Å². The van der Waals surface area contributed by atoms with Gasteiger partial charge in [0.2, 0.25) is 5.91 Å². The maximum Gasteiger partial charge on any atom is 0.231 e. The van der Waals surface area contributed by atoms with Gasteiger partial charge in [0, 0.05) is 4.90 Å². The SMILES string of the molecule is O=C(CSc1ccccc1)NC(c1ccccc1)c1ccccc1. The molecule has 3 heteroatoms. The molecule has 0 radical (unpaired) electrons. The van der Waals surface area contributed by atoms with E-state index in [1.165, 1.54) is 0 Å². The Hall–Kier alpha value is -2.52. The molecule has 1 amide bonds. The molecule has 0 unspecified atom stereocenters. The second-order valence-electron chi connectivity index (χ2n) is 5.42. The van der Waals surface area contributed by atoms with Crippen molar-refractivity contribution in [3.63, 3.8) is 0 Å². The van der Waals surface area contributed by atoms with Crippen LogP contribution in [0.25, 0.3) is 0 Å². The van der Waals surface area contributed by atoms with E-state index in [9.17, 15) is 4.79 Å². The Kier molecular flexibility index (Phi) is 5.70. The van der Waals surface area contributed by atoms with Gasteiger partial charge in [0.1, 0.15) is 0 Å². The Morgan fingerprint density at radius 2 is 1.21 bits per heavy atom. The monoisotopic (exact) mass is 333 g/mol. The highest BCUT2D eigenvalue weighted by Gasteiger charge is 2.16. The highest BCUT2D eigenvalue weighted by Crippen LogP contribution is 2.23. The number of nitrogens with one attached hydrogen (secondary N) is 1. The van der Waals surface area contributed by atoms with Crippen LogP contribution in [-0.4, -0.2) is 11.7 Å². The summed E-state index contributed by atoms with van der Waals surface area (Å²) in [6.07, 6.45) is 0. The fourth-order valence-corrected chi connectivity index (χ4v) is 3.25. The second-order valence-corrected chi connectivity index (χ2v) is 6.47. The first-order valence-corrected chi connectivity index (χ1v) is 8.88. The lowest BCUT2D eigenvalue weighted by Gasteiger charge is -2.20. The van der Waals surface area contributed by atoms with Crippen molar-refractivity contribution in [3.05, 3.63) is 102 Å². The summed E-state index contributed by atoms with van der Waals surface area (Å²) in [5.74, 6) is 0.432. The Balaban J connectivity index is 1.71. The summed E-state index contributed by atoms with van der Waals surface area (Å²) < 4.78 is 0. The van der Waals surface area contributed by atoms with Gasteiger partial charge in [-0.05, 0) is 23.3 Å². The van der Waals surface area contributed by atoms with E-state index in [2.05, 4.69) is 5.32 Å². The normalized spacial score (nSPS) is 10.5. The molecule has 0 saturated heterocycles. The average molecular weight is 333 g/mol. The molecule has 120 valence electrons. The molecule has 0 aliphatic heterocycles. The van der Waals surface area contributed by atoms with Gasteiger partial charge in [0.05, 0.1) is 11.8 Å². The molecular formula is C21H19NOS. The van der Waals surface area contributed by atoms with Crippen molar-refractivity contribution >= 4 is 17.7 Å². The molecule has 24 heavy (non-hydrogen) atoms. The zero-order chi connectivity index (χ0) is 16.6. The minimum atomic E-state index is -0.128. The lowest BCUT2D eigenvalue weighted by Crippen LogP contribution is -2.30. The van der Waals surface area contributed by atoms with Crippen LogP contribution in [-0.2, 0) is 4.79 Å². The van der Waals surface area contributed by atoms with Crippen molar-refractivity contribution in [3.8, 4) is 0 Å². The predicted molar refractivity (Wildman–Crippen MR) is 100 cm³/mol. The second kappa shape index (κ2) is 8.37. The maximum atomic E-state index is 12.4. The van der Waals surface area contributed by atoms with E-state index in [-0.39, 0.29) is 11.9 Å². The fraction of sp³-hybridized carbons (Fsp3) is 0.0952. The van der Waals surface area contributed by atoms with Crippen molar-refractivity contribution in [1.29, 1.82) is 0 Å². The van der Waals surface area contributed by atoms with Crippen molar-refractivity contribution in [2.45, 2.75) is 10.9 Å². The summed E-state index contributed by atoms with van der Waals surface area (Å²) in [5.41, 5.74) is 2.17. The number of amides is 1. The summed E-state index contributed by atoms with van der Waals surface area (Å²) in [7, 11) is 0. The molecule has 0 aromatic heterocycles. The third-order valence-electron chi connectivity index (χ3n) is 3.68. The Morgan fingerprint density at radius 1 is 0.750 bits per heavy atom. The van der Waals surface area contributed by atoms with Crippen LogP contribution in [0.4, 0.5) is 0 Å². The molecule has 0 heterocycles. The van der Waals surface area contributed by atoms with Gasteiger partial charge >= 0.3 is 0 Å². The van der Waals surface area contributed by atoms with Crippen LogP contribution in [0.1, 0.15) is 17.2 Å². The van der Waals surface area contributed by atoms with Crippen LogP contribution in [0.15, 0.2) is 95.9 Å². The van der Waals surface area contributed by atoms with E-state index in [0.29, 0.717) is 5.75 Å². The molecule has 0 aliphatic rings. The van der Waals surface area contributed by atoms with E-state index in [0.717, 1.165) is 16.0 Å². The van der Waals surface area contributed by atoms with Crippen molar-refractivity contribution in [2.75, 3.05) is 5.75 Å². The van der Waals surface area contributed by atoms with E-state index in [1.807, 2.05) is 91.0 Å². The first kappa shape index (κ1) is 16.3. The molecule has 2 nitrogen and oxygen atoms in total. The van der Waals surface area contributed by atoms with Gasteiger partial charge in [-0.15, -0.1) is 11.8 Å². The summed E-state index contributed by atoms with van der Waals surface area (Å²) in [6.45, 7) is 0. The fourth-order valence-electron chi connectivity index (χ4n) is 2.52. The number of rotatable bonds is 6. The van der Waals surface area contributed by atoms with Crippen molar-refractivity contribution < 1.29 is 4.79 Å². The molecule has 3 rings (SSSR count). The first-order valence-electron chi connectivity index (χ1n) is 7.90. The summed E-state index contributed by atoms with van der Waals surface area (Å²) in [5, 5.41) is 3.16. The van der Waals surface area contributed by atoms with Gasteiger partial charge in [0.15, 0.2) is 0 Å². The third-order valence-corrected chi connectivity index (χ3v) is 4.70. The van der Waals surface area contributed by atoms with Crippen LogP contribution < -0.4 is 5.32 Å². The summed E-state index contributed by atoms with van der Waals surface area (Å²) in [4.78, 5) is 13.5. The topological polar surface area (TPSA) is 29.1 Å². The van der Waals surface area contributed by atoms with E-state index in [1.54, 1.807) is 11.8 Å². The number of carbonyl (C=O) groups excluding carboxylic acids is 1. The van der Waals surface area contributed by atoms with Crippen molar-refractivity contribution in [1.82, 2.24) is 5.32 Å². The predicted octanol–water partition coefficient (Wildman–Crippen LogP) is 4.68. The molecule has 3 aromatic rings. The molecule has 0 aliphatic carbocycles. The summed E-state index contributed by atoms with van der Waals surface area (Å²) >= 11 is 1.55. The Labute approximate surface area is 146 Å². The Bertz CT molecular complexity index is 720. The lowest BCUT2D eigenvalue weighted by atomic mass is 9.99. The minimum absolute atomic E-state index is 0.0292. The molecule has 0 atom stereocenters. The van der Waals surface area contributed by atoms with Gasteiger partial charge < -0.3 is 5.32 Å². The molecular weight excluding hydrogens is 314 g/mol. The number of thioether (sulfide) groups is 1. The quantitative estimate of drug-likeness (QED) is 0.663. The molecule has 0 bridgehead atoms. The third kappa shape index (κ3) is 4.49. The first-order chi connectivity index (χ1) is 11.8. The number of hydrogen-bond acceptors (Lipinski definition) is 2. The zero-order valence-electron chi connectivity index (χ0n) is 13.3. The van der Waals surface area contributed by atoms with Crippen LogP contribution in [0, 0.1) is 0 Å². The summed E-state index contributed by atoms with van der Waals surface area (Å²) in [6, 6.07) is 30.0. The van der Waals surface area contributed by atoms with Crippen LogP contribution in [0.5, 0.6) is 0 Å². The van der Waals surface area contributed by atoms with Crippen LogP contribution in [0.2, 0.25) is 0 Å². The molecule has 3 aromatic carbocycles. The minimum Gasteiger partial charge on any atom is -0.344 e. The van der Waals surface area contributed by atoms with Gasteiger partial charge in [-0.2, -0.15) is 0 Å². The number of carbonyl (C=O) groups is 1. The van der Waals surface area contributed by atoms with Gasteiger partial charge in [-0.25, -0.2) is 0 Å². The largest absolute Gasteiger partial charge is 0.344 e. The van der Waals surface area contributed by atoms with Crippen molar-refractivity contribution in [2.24, 2.45) is 0 Å². The molecule has 1 N–H and O–H groups in total. The van der Waals surface area contributed by atoms with Crippen LogP contribution >= 0.6 is 11.8 Å². The number of benzene rings is 3. The standard InChI is InChI=1S/C21H19NOS/c23-20(16-24-19-14-8-3-9-15-19)22-21(17-10-4-1-5-11-17)18-12-6-2-7-13-18/h1-15,21H,16H2,(H,22,23). The highest BCUT2D eigenvalue weighted by atomic mass is 32.2. The van der Waals surface area contributed by atoms with Gasteiger partial charge in [-0.3, -0.25) is 4.79 Å². The zero-order valence-corrected chi connectivity index (χ0v) is 14.1. The van der Waals surface area contributed by atoms with Gasteiger partial charge in [0.25, 0.3) is 0 Å². The van der Waals surface area contributed by atoms with E-state index >= 15 is 0 Å². The van der Waals surface area contributed by atoms with E-state index < -0.39 is 0 Å². The number of hydrogen-bond donors (Lipinski definition) is 1. The average Bonchev–Trinajstić information content (AvgIpc) is 2.67. The van der Waals surface area contributed by atoms with Gasteiger partial charge in [-0.1, -0.05) is 78.9 Å². The van der Waals surface area contributed by atoms with Crippen LogP contribution in [0.3, 0.4) is 0 Å².